The van der Waals surface area contributed by atoms with Gasteiger partial charge in [-0.3, -0.25) is 0 Å². The first-order chi connectivity index (χ1) is 17.3. The van der Waals surface area contributed by atoms with Crippen molar-refractivity contribution in [2.45, 2.75) is 40.0 Å². The van der Waals surface area contributed by atoms with Gasteiger partial charge in [-0.05, 0) is 19.3 Å². The number of hydrogen-bond acceptors (Lipinski definition) is 0. The highest BCUT2D eigenvalue weighted by Crippen LogP contribution is 2.09. The zero-order valence-corrected chi connectivity index (χ0v) is 23.0. The van der Waals surface area contributed by atoms with Crippen LogP contribution in [0.2, 0.25) is 0 Å². The lowest BCUT2D eigenvalue weighted by Gasteiger charge is -2.40. The zero-order chi connectivity index (χ0) is 24.8. The molecule has 0 aliphatic carbocycles. The molecule has 0 heterocycles. The predicted octanol–water partition coefficient (Wildman–Crippen LogP) is 4.17. The fraction of sp³-hybridized carbons (Fsp3) is 0.273. The molecule has 35 heavy (non-hydrogen) atoms. The van der Waals surface area contributed by atoms with Gasteiger partial charge in [-0.1, -0.05) is 93.6 Å². The summed E-state index contributed by atoms with van der Waals surface area (Å²) < 4.78 is 5.77. The van der Waals surface area contributed by atoms with Crippen LogP contribution in [-0.4, -0.2) is 32.7 Å². The van der Waals surface area contributed by atoms with Gasteiger partial charge in [0, 0.05) is 0 Å². The molecular weight excluding hydrogens is 437 g/mol. The van der Waals surface area contributed by atoms with E-state index in [1.54, 1.807) is 4.90 Å². The Morgan fingerprint density at radius 1 is 0.400 bits per heavy atom. The van der Waals surface area contributed by atoms with Crippen molar-refractivity contribution in [3.63, 3.8) is 0 Å². The van der Waals surface area contributed by atoms with E-state index in [4.69, 9.17) is 0 Å². The average Bonchev–Trinajstić information content (AvgIpc) is 2.93. The fourth-order valence-electron chi connectivity index (χ4n) is 5.56. The highest BCUT2D eigenvalue weighted by Gasteiger charge is 2.35. The molecule has 0 aliphatic heterocycles. The van der Waals surface area contributed by atoms with E-state index >= 15 is 0 Å². The van der Waals surface area contributed by atoms with Crippen molar-refractivity contribution >= 4 is 30.8 Å². The van der Waals surface area contributed by atoms with E-state index in [0.29, 0.717) is 0 Å². The number of hydrogen-bond donors (Lipinski definition) is 1. The SMILES string of the molecule is CCC[NH+](CCC)CCC.c1cc[c]([Al-]([c]2ccccc2)([c]2ccccc2)[c]2ccccc2)cc1. The number of benzene rings is 4. The zero-order valence-electron chi connectivity index (χ0n) is 21.9. The Hall–Kier alpha value is -2.63. The standard InChI is InChI=1S/C9H21N.4C6H5.Al/c1-4-7-10(8-5-2)9-6-3;4*1-2-4-6-5-3-1;/h4-9H2,1-3H3;4*1-5H;/q;;;;;-1/p+1. The fourth-order valence-corrected chi connectivity index (χ4v) is 11.1. The van der Waals surface area contributed by atoms with Crippen LogP contribution in [0.5, 0.6) is 0 Å². The second-order valence-corrected chi connectivity index (χ2v) is 13.9. The van der Waals surface area contributed by atoms with Gasteiger partial charge in [0.05, 0.1) is 19.6 Å². The van der Waals surface area contributed by atoms with Crippen molar-refractivity contribution in [3.05, 3.63) is 121 Å². The van der Waals surface area contributed by atoms with Gasteiger partial charge < -0.3 is 4.90 Å². The molecule has 0 fully saturated rings. The molecule has 0 spiro atoms. The molecule has 0 aliphatic rings. The lowest BCUT2D eigenvalue weighted by molar-refractivity contribution is -0.900. The quantitative estimate of drug-likeness (QED) is 0.326. The van der Waals surface area contributed by atoms with E-state index in [1.165, 1.54) is 56.6 Å². The van der Waals surface area contributed by atoms with Gasteiger partial charge in [-0.15, -0.1) is 48.5 Å². The van der Waals surface area contributed by atoms with Crippen LogP contribution in [0.3, 0.4) is 0 Å². The Labute approximate surface area is 216 Å². The van der Waals surface area contributed by atoms with Gasteiger partial charge >= 0.3 is 0 Å². The largest absolute Gasteiger partial charge is 0.335 e. The number of rotatable bonds is 10. The minimum Gasteiger partial charge on any atom is -0.335 e. The molecule has 0 radical (unpaired) electrons. The molecule has 4 aromatic rings. The summed E-state index contributed by atoms with van der Waals surface area (Å²) in [5.41, 5.74) is 0. The Morgan fingerprint density at radius 3 is 0.829 bits per heavy atom. The van der Waals surface area contributed by atoms with E-state index in [1.807, 2.05) is 0 Å². The lowest BCUT2D eigenvalue weighted by Crippen LogP contribution is -3.11. The summed E-state index contributed by atoms with van der Waals surface area (Å²) in [4.78, 5) is 1.78. The molecule has 4 rings (SSSR count). The first kappa shape index (κ1) is 27.0. The summed E-state index contributed by atoms with van der Waals surface area (Å²) in [6.07, 6.45) is 3.99. The van der Waals surface area contributed by atoms with Crippen molar-refractivity contribution in [1.82, 2.24) is 0 Å². The summed E-state index contributed by atoms with van der Waals surface area (Å²) >= 11 is -2.69. The van der Waals surface area contributed by atoms with Crippen molar-refractivity contribution in [2.75, 3.05) is 19.6 Å². The first-order valence-corrected chi connectivity index (χ1v) is 15.8. The van der Waals surface area contributed by atoms with Gasteiger partial charge in [-0.25, -0.2) is 17.7 Å². The van der Waals surface area contributed by atoms with Crippen LogP contribution in [0, 0.1) is 0 Å². The van der Waals surface area contributed by atoms with Crippen molar-refractivity contribution in [2.24, 2.45) is 0 Å². The molecule has 2 heteroatoms. The van der Waals surface area contributed by atoms with Crippen molar-refractivity contribution in [3.8, 4) is 0 Å². The van der Waals surface area contributed by atoms with Gasteiger partial charge in [0.2, 0.25) is 0 Å². The lowest BCUT2D eigenvalue weighted by atomic mass is 10.3. The van der Waals surface area contributed by atoms with Gasteiger partial charge in [0.1, 0.15) is 0 Å². The summed E-state index contributed by atoms with van der Waals surface area (Å²) in [5.74, 6) is 0. The molecule has 0 atom stereocenters. The Kier molecular flexibility index (Phi) is 11.3. The van der Waals surface area contributed by atoms with Gasteiger partial charge in [-0.2, -0.15) is 0 Å². The second kappa shape index (κ2) is 14.7. The van der Waals surface area contributed by atoms with Crippen molar-refractivity contribution in [1.29, 1.82) is 0 Å². The van der Waals surface area contributed by atoms with Crippen LogP contribution in [-0.2, 0) is 0 Å². The van der Waals surface area contributed by atoms with Crippen LogP contribution >= 0.6 is 0 Å². The topological polar surface area (TPSA) is 4.44 Å². The maximum Gasteiger partial charge on any atom is 0.266 e. The van der Waals surface area contributed by atoms with Crippen LogP contribution in [0.25, 0.3) is 0 Å². The summed E-state index contributed by atoms with van der Waals surface area (Å²) in [7, 11) is 0. The average molecular weight is 480 g/mol. The highest BCUT2D eigenvalue weighted by molar-refractivity contribution is 7.19. The molecule has 1 N–H and O–H groups in total. The molecule has 182 valence electrons. The van der Waals surface area contributed by atoms with Crippen LogP contribution in [0.15, 0.2) is 121 Å². The molecule has 0 saturated carbocycles. The highest BCUT2D eigenvalue weighted by atomic mass is 27.2. The third-order valence-corrected chi connectivity index (χ3v) is 12.5. The van der Waals surface area contributed by atoms with Crippen molar-refractivity contribution < 1.29 is 4.90 Å². The van der Waals surface area contributed by atoms with E-state index in [2.05, 4.69) is 142 Å². The summed E-state index contributed by atoms with van der Waals surface area (Å²) in [6.45, 7) is 10.9. The molecule has 0 bridgehead atoms. The number of nitrogens with one attached hydrogen (secondary N) is 1. The van der Waals surface area contributed by atoms with Crippen LogP contribution in [0.4, 0.5) is 0 Å². The molecule has 0 saturated heterocycles. The molecule has 0 aromatic heterocycles. The Balaban J connectivity index is 0.000000292. The summed E-state index contributed by atoms with van der Waals surface area (Å²) in [6, 6.07) is 44.2. The predicted molar refractivity (Wildman–Crippen MR) is 156 cm³/mol. The molecule has 0 amide bonds. The second-order valence-electron chi connectivity index (χ2n) is 9.51. The smallest absolute Gasteiger partial charge is 0.266 e. The Morgan fingerprint density at radius 2 is 0.629 bits per heavy atom. The first-order valence-electron chi connectivity index (χ1n) is 13.5. The molecule has 1 nitrogen and oxygen atoms in total. The van der Waals surface area contributed by atoms with E-state index in [9.17, 15) is 0 Å². The third-order valence-electron chi connectivity index (χ3n) is 7.01. The van der Waals surface area contributed by atoms with Crippen LogP contribution < -0.4 is 22.6 Å². The van der Waals surface area contributed by atoms with E-state index in [-0.39, 0.29) is 0 Å². The monoisotopic (exact) mass is 479 g/mol. The van der Waals surface area contributed by atoms with Gasteiger partial charge in [0.25, 0.3) is 13.1 Å². The maximum atomic E-state index is 2.30. The Bertz CT molecular complexity index is 887. The maximum absolute atomic E-state index is 2.69. The molecule has 4 aromatic carbocycles. The van der Waals surface area contributed by atoms with E-state index < -0.39 is 13.1 Å². The normalized spacial score (nSPS) is 11.1. The summed E-state index contributed by atoms with van der Waals surface area (Å²) in [5, 5.41) is 0. The van der Waals surface area contributed by atoms with E-state index in [0.717, 1.165) is 0 Å². The minimum absolute atomic E-state index is 1.33. The molecule has 0 unspecified atom stereocenters. The third kappa shape index (κ3) is 6.96. The molecular formula is C33H42AlN. The van der Waals surface area contributed by atoms with Crippen LogP contribution in [0.1, 0.15) is 40.0 Å². The number of quaternary nitrogens is 1. The minimum atomic E-state index is -2.69. The van der Waals surface area contributed by atoms with Gasteiger partial charge in [0.15, 0.2) is 0 Å².